The Bertz CT molecular complexity index is 392. The van der Waals surface area contributed by atoms with Crippen LogP contribution in [0.2, 0.25) is 0 Å². The molecule has 0 aliphatic carbocycles. The van der Waals surface area contributed by atoms with Gasteiger partial charge in [0.1, 0.15) is 0 Å². The lowest BCUT2D eigenvalue weighted by Gasteiger charge is -2.27. The van der Waals surface area contributed by atoms with Crippen LogP contribution in [0.4, 0.5) is 17.8 Å². The van der Waals surface area contributed by atoms with Crippen LogP contribution in [-0.2, 0) is 0 Å². The molecule has 8 nitrogen and oxygen atoms in total. The van der Waals surface area contributed by atoms with Crippen LogP contribution < -0.4 is 21.5 Å². The summed E-state index contributed by atoms with van der Waals surface area (Å²) in [6.07, 6.45) is 0.734. The summed E-state index contributed by atoms with van der Waals surface area (Å²) in [5.74, 6) is 6.45. The minimum absolute atomic E-state index is 0.0160. The van der Waals surface area contributed by atoms with Crippen LogP contribution in [0, 0.1) is 0 Å². The first-order valence-electron chi connectivity index (χ1n) is 5.73. The number of hydrogen-bond acceptors (Lipinski definition) is 8. The zero-order valence-corrected chi connectivity index (χ0v) is 11.2. The van der Waals surface area contributed by atoms with E-state index in [4.69, 9.17) is 5.84 Å². The fourth-order valence-electron chi connectivity index (χ4n) is 1.19. The Hall–Kier alpha value is -1.67. The molecule has 0 saturated heterocycles. The van der Waals surface area contributed by atoms with Gasteiger partial charge in [0.2, 0.25) is 17.8 Å². The maximum Gasteiger partial charge on any atom is 0.243 e. The molecule has 1 heterocycles. The predicted octanol–water partition coefficient (Wildman–Crippen LogP) is -0.204. The number of aromatic nitrogens is 3. The fraction of sp³-hybridized carbons (Fsp3) is 0.700. The van der Waals surface area contributed by atoms with Gasteiger partial charge < -0.3 is 15.3 Å². The maximum atomic E-state index is 9.37. The molecule has 5 N–H and O–H groups in total. The van der Waals surface area contributed by atoms with Crippen molar-refractivity contribution in [3.05, 3.63) is 0 Å². The summed E-state index contributed by atoms with van der Waals surface area (Å²) in [4.78, 5) is 14.2. The molecule has 0 saturated carbocycles. The van der Waals surface area contributed by atoms with Crippen molar-refractivity contribution < 1.29 is 5.11 Å². The molecule has 0 aliphatic rings. The maximum absolute atomic E-state index is 9.37. The van der Waals surface area contributed by atoms with Crippen molar-refractivity contribution in [2.45, 2.75) is 25.8 Å². The molecule has 18 heavy (non-hydrogen) atoms. The second-order valence-corrected chi connectivity index (χ2v) is 4.52. The first-order chi connectivity index (χ1) is 8.44. The molecule has 1 unspecified atom stereocenters. The first kappa shape index (κ1) is 14.4. The average Bonchev–Trinajstić information content (AvgIpc) is 2.38. The number of nitrogens with one attached hydrogen (secondary N) is 2. The number of aliphatic hydroxyl groups excluding tert-OH is 1. The summed E-state index contributed by atoms with van der Waals surface area (Å²) < 4.78 is 0. The molecule has 0 aliphatic heterocycles. The third kappa shape index (κ3) is 3.41. The molecule has 1 rings (SSSR count). The van der Waals surface area contributed by atoms with Gasteiger partial charge in [-0.1, -0.05) is 6.92 Å². The molecular formula is C10H21N7O. The Kier molecular flexibility index (Phi) is 4.62. The largest absolute Gasteiger partial charge is 0.394 e. The van der Waals surface area contributed by atoms with Crippen molar-refractivity contribution in [2.24, 2.45) is 5.84 Å². The summed E-state index contributed by atoms with van der Waals surface area (Å²) in [5, 5.41) is 12.5. The van der Waals surface area contributed by atoms with Crippen LogP contribution in [0.5, 0.6) is 0 Å². The number of nitrogens with two attached hydrogens (primary N) is 1. The van der Waals surface area contributed by atoms with Crippen LogP contribution >= 0.6 is 0 Å². The Morgan fingerprint density at radius 2 is 1.89 bits per heavy atom. The van der Waals surface area contributed by atoms with E-state index >= 15 is 0 Å². The standard InChI is InChI=1S/C10H21N7O/c1-5-10(2,6-18)15-7-12-8(16-11)14-9(13-7)17(3)4/h18H,5-6,11H2,1-4H3,(H2,12,13,14,15,16). The Balaban J connectivity index is 3.04. The highest BCUT2D eigenvalue weighted by atomic mass is 16.3. The topological polar surface area (TPSA) is 112 Å². The van der Waals surface area contributed by atoms with E-state index in [9.17, 15) is 5.11 Å². The van der Waals surface area contributed by atoms with Gasteiger partial charge in [-0.05, 0) is 13.3 Å². The minimum Gasteiger partial charge on any atom is -0.394 e. The number of nitrogens with zero attached hydrogens (tertiary/aromatic N) is 4. The molecule has 0 fully saturated rings. The van der Waals surface area contributed by atoms with Crippen LogP contribution in [0.1, 0.15) is 20.3 Å². The Morgan fingerprint density at radius 1 is 1.28 bits per heavy atom. The molecule has 1 aromatic heterocycles. The van der Waals surface area contributed by atoms with Gasteiger partial charge in [0.25, 0.3) is 0 Å². The van der Waals surface area contributed by atoms with E-state index in [-0.39, 0.29) is 12.6 Å². The second-order valence-electron chi connectivity index (χ2n) is 4.52. The quantitative estimate of drug-likeness (QED) is 0.408. The molecule has 0 spiro atoms. The zero-order chi connectivity index (χ0) is 13.8. The van der Waals surface area contributed by atoms with E-state index < -0.39 is 5.54 Å². The van der Waals surface area contributed by atoms with Crippen molar-refractivity contribution in [3.63, 3.8) is 0 Å². The van der Waals surface area contributed by atoms with Crippen molar-refractivity contribution in [1.82, 2.24) is 15.0 Å². The summed E-state index contributed by atoms with van der Waals surface area (Å²) in [5.41, 5.74) is 1.92. The summed E-state index contributed by atoms with van der Waals surface area (Å²) in [6, 6.07) is 0. The van der Waals surface area contributed by atoms with E-state index in [1.54, 1.807) is 4.90 Å². The third-order valence-corrected chi connectivity index (χ3v) is 2.70. The highest BCUT2D eigenvalue weighted by Gasteiger charge is 2.22. The summed E-state index contributed by atoms with van der Waals surface area (Å²) in [6.45, 7) is 3.85. The number of hydrogen-bond donors (Lipinski definition) is 4. The number of hydrazine groups is 1. The Morgan fingerprint density at radius 3 is 2.33 bits per heavy atom. The SMILES string of the molecule is CCC(C)(CO)Nc1nc(NN)nc(N(C)C)n1. The lowest BCUT2D eigenvalue weighted by Crippen LogP contribution is -2.39. The van der Waals surface area contributed by atoms with Gasteiger partial charge in [0.15, 0.2) is 0 Å². The molecule has 0 bridgehead atoms. The smallest absolute Gasteiger partial charge is 0.243 e. The molecule has 0 aromatic carbocycles. The lowest BCUT2D eigenvalue weighted by atomic mass is 10.0. The number of aliphatic hydroxyl groups is 1. The molecular weight excluding hydrogens is 234 g/mol. The third-order valence-electron chi connectivity index (χ3n) is 2.70. The van der Waals surface area contributed by atoms with E-state index in [2.05, 4.69) is 25.7 Å². The van der Waals surface area contributed by atoms with Crippen molar-refractivity contribution in [1.29, 1.82) is 0 Å². The van der Waals surface area contributed by atoms with Crippen LogP contribution in [-0.4, -0.2) is 46.3 Å². The van der Waals surface area contributed by atoms with Gasteiger partial charge in [0.05, 0.1) is 12.1 Å². The Labute approximate surface area is 107 Å². The normalized spacial score (nSPS) is 13.9. The predicted molar refractivity (Wildman–Crippen MR) is 71.4 cm³/mol. The van der Waals surface area contributed by atoms with Gasteiger partial charge in [-0.3, -0.25) is 5.43 Å². The fourth-order valence-corrected chi connectivity index (χ4v) is 1.19. The van der Waals surface area contributed by atoms with Crippen LogP contribution in [0.25, 0.3) is 0 Å². The van der Waals surface area contributed by atoms with Crippen LogP contribution in [0.3, 0.4) is 0 Å². The molecule has 1 atom stereocenters. The van der Waals surface area contributed by atoms with Gasteiger partial charge in [-0.15, -0.1) is 0 Å². The molecule has 0 amide bonds. The molecule has 8 heteroatoms. The molecule has 102 valence electrons. The van der Waals surface area contributed by atoms with Gasteiger partial charge >= 0.3 is 0 Å². The number of nitrogen functional groups attached to an aromatic ring is 1. The average molecular weight is 255 g/mol. The second kappa shape index (κ2) is 5.78. The number of anilines is 3. The lowest BCUT2D eigenvalue weighted by molar-refractivity contribution is 0.218. The van der Waals surface area contributed by atoms with E-state index in [1.807, 2.05) is 27.9 Å². The monoisotopic (exact) mass is 255 g/mol. The van der Waals surface area contributed by atoms with Gasteiger partial charge in [0, 0.05) is 14.1 Å². The first-order valence-corrected chi connectivity index (χ1v) is 5.73. The summed E-state index contributed by atoms with van der Waals surface area (Å²) >= 11 is 0. The summed E-state index contributed by atoms with van der Waals surface area (Å²) in [7, 11) is 3.65. The van der Waals surface area contributed by atoms with Crippen molar-refractivity contribution in [2.75, 3.05) is 36.3 Å². The van der Waals surface area contributed by atoms with Gasteiger partial charge in [-0.25, -0.2) is 5.84 Å². The highest BCUT2D eigenvalue weighted by Crippen LogP contribution is 2.17. The van der Waals surface area contributed by atoms with Crippen molar-refractivity contribution in [3.8, 4) is 0 Å². The zero-order valence-electron chi connectivity index (χ0n) is 11.2. The van der Waals surface area contributed by atoms with Gasteiger partial charge in [-0.2, -0.15) is 15.0 Å². The van der Waals surface area contributed by atoms with Crippen molar-refractivity contribution >= 4 is 17.8 Å². The molecule has 0 radical (unpaired) electrons. The number of rotatable bonds is 6. The van der Waals surface area contributed by atoms with E-state index in [1.165, 1.54) is 0 Å². The van der Waals surface area contributed by atoms with Crippen LogP contribution in [0.15, 0.2) is 0 Å². The highest BCUT2D eigenvalue weighted by molar-refractivity contribution is 5.43. The van der Waals surface area contributed by atoms with E-state index in [0.717, 1.165) is 6.42 Å². The van der Waals surface area contributed by atoms with E-state index in [0.29, 0.717) is 11.9 Å². The molecule has 1 aromatic rings. The minimum atomic E-state index is -0.475.